The van der Waals surface area contributed by atoms with E-state index in [0.29, 0.717) is 6.42 Å². The summed E-state index contributed by atoms with van der Waals surface area (Å²) in [5.74, 6) is 0.243. The average Bonchev–Trinajstić information content (AvgIpc) is 2.48. The van der Waals surface area contributed by atoms with Gasteiger partial charge in [0.1, 0.15) is 5.78 Å². The minimum absolute atomic E-state index is 0.167. The van der Waals surface area contributed by atoms with Gasteiger partial charge >= 0.3 is 0 Å². The zero-order valence-electron chi connectivity index (χ0n) is 11.8. The highest BCUT2D eigenvalue weighted by Gasteiger charge is 2.28. The average molecular weight is 265 g/mol. The van der Waals surface area contributed by atoms with Crippen molar-refractivity contribution in [3.63, 3.8) is 0 Å². The van der Waals surface area contributed by atoms with E-state index in [-0.39, 0.29) is 11.8 Å². The topological polar surface area (TPSA) is 20.3 Å². The second-order valence-electron chi connectivity index (χ2n) is 5.40. The Morgan fingerprint density at radius 1 is 1.10 bits per heavy atom. The van der Waals surface area contributed by atoms with Gasteiger partial charge in [-0.15, -0.1) is 0 Å². The van der Waals surface area contributed by atoms with Crippen LogP contribution in [0.15, 0.2) is 54.6 Å². The zero-order chi connectivity index (χ0) is 13.9. The molecule has 2 nitrogen and oxygen atoms in total. The minimum Gasteiger partial charge on any atom is -0.364 e. The molecule has 0 N–H and O–H groups in total. The second-order valence-corrected chi connectivity index (χ2v) is 5.40. The molecule has 20 heavy (non-hydrogen) atoms. The van der Waals surface area contributed by atoms with Crippen LogP contribution in [0.3, 0.4) is 0 Å². The van der Waals surface area contributed by atoms with Gasteiger partial charge in [-0.2, -0.15) is 0 Å². The number of rotatable bonds is 3. The lowest BCUT2D eigenvalue weighted by atomic mass is 9.89. The van der Waals surface area contributed by atoms with Crippen molar-refractivity contribution in [1.29, 1.82) is 0 Å². The van der Waals surface area contributed by atoms with Crippen molar-refractivity contribution in [3.8, 4) is 0 Å². The van der Waals surface area contributed by atoms with E-state index in [2.05, 4.69) is 53.4 Å². The van der Waals surface area contributed by atoms with Gasteiger partial charge in [0, 0.05) is 18.7 Å². The van der Waals surface area contributed by atoms with Crippen molar-refractivity contribution < 1.29 is 4.79 Å². The van der Waals surface area contributed by atoms with E-state index in [1.54, 1.807) is 6.92 Å². The summed E-state index contributed by atoms with van der Waals surface area (Å²) in [6.45, 7) is 2.65. The molecule has 1 heterocycles. The van der Waals surface area contributed by atoms with Crippen molar-refractivity contribution in [3.05, 3.63) is 65.7 Å². The summed E-state index contributed by atoms with van der Waals surface area (Å²) in [4.78, 5) is 14.0. The summed E-state index contributed by atoms with van der Waals surface area (Å²) in [6.07, 6.45) is 1.62. The lowest BCUT2D eigenvalue weighted by molar-refractivity contribution is -0.117. The maximum Gasteiger partial charge on any atom is 0.132 e. The van der Waals surface area contributed by atoms with Gasteiger partial charge in [-0.1, -0.05) is 42.5 Å². The molecule has 0 fully saturated rings. The smallest absolute Gasteiger partial charge is 0.132 e. The molecule has 102 valence electrons. The Bertz CT molecular complexity index is 606. The van der Waals surface area contributed by atoms with Crippen LogP contribution in [0.4, 0.5) is 5.69 Å². The third-order valence-electron chi connectivity index (χ3n) is 3.98. The number of Topliss-reactive ketones (excluding diaryl/α,β-unsaturated/α-hetero) is 1. The summed E-state index contributed by atoms with van der Waals surface area (Å²) >= 11 is 0. The SMILES string of the molecule is CC(=O)C[C@H]1c2ccccc2CCN1c1ccccc1. The number of ketones is 1. The molecule has 0 unspecified atom stereocenters. The van der Waals surface area contributed by atoms with Crippen LogP contribution in [0.2, 0.25) is 0 Å². The van der Waals surface area contributed by atoms with E-state index in [4.69, 9.17) is 0 Å². The van der Waals surface area contributed by atoms with Gasteiger partial charge in [0.15, 0.2) is 0 Å². The van der Waals surface area contributed by atoms with Gasteiger partial charge in [-0.05, 0) is 36.6 Å². The Kier molecular flexibility index (Phi) is 3.55. The summed E-state index contributed by atoms with van der Waals surface area (Å²) < 4.78 is 0. The van der Waals surface area contributed by atoms with E-state index in [1.807, 2.05) is 6.07 Å². The number of nitrogens with zero attached hydrogens (tertiary/aromatic N) is 1. The number of hydrogen-bond donors (Lipinski definition) is 0. The van der Waals surface area contributed by atoms with E-state index in [0.717, 1.165) is 13.0 Å². The van der Waals surface area contributed by atoms with Gasteiger partial charge in [-0.25, -0.2) is 0 Å². The molecule has 0 radical (unpaired) electrons. The highest BCUT2D eigenvalue weighted by atomic mass is 16.1. The first kappa shape index (κ1) is 12.9. The molecular formula is C18H19NO. The zero-order valence-corrected chi connectivity index (χ0v) is 11.8. The van der Waals surface area contributed by atoms with E-state index >= 15 is 0 Å². The number of carbonyl (C=O) groups excluding carboxylic acids is 1. The first-order chi connectivity index (χ1) is 9.75. The molecule has 1 atom stereocenters. The quantitative estimate of drug-likeness (QED) is 0.842. The molecule has 0 aliphatic carbocycles. The Balaban J connectivity index is 2.01. The Labute approximate surface area is 120 Å². The Morgan fingerprint density at radius 3 is 2.55 bits per heavy atom. The largest absolute Gasteiger partial charge is 0.364 e. The number of benzene rings is 2. The maximum atomic E-state index is 11.7. The van der Waals surface area contributed by atoms with Crippen molar-refractivity contribution in [1.82, 2.24) is 0 Å². The van der Waals surface area contributed by atoms with Crippen LogP contribution in [0, 0.1) is 0 Å². The van der Waals surface area contributed by atoms with Crippen LogP contribution in [0.25, 0.3) is 0 Å². The summed E-state index contributed by atoms with van der Waals surface area (Å²) in [6, 6.07) is 19.1. The lowest BCUT2D eigenvalue weighted by Crippen LogP contribution is -2.36. The normalized spacial score (nSPS) is 17.6. The summed E-state index contributed by atoms with van der Waals surface area (Å²) in [5, 5.41) is 0. The van der Waals surface area contributed by atoms with Crippen LogP contribution < -0.4 is 4.90 Å². The molecule has 1 aliphatic heterocycles. The van der Waals surface area contributed by atoms with Gasteiger partial charge < -0.3 is 4.90 Å². The highest BCUT2D eigenvalue weighted by Crippen LogP contribution is 2.35. The first-order valence-electron chi connectivity index (χ1n) is 7.14. The molecule has 0 spiro atoms. The molecule has 2 heteroatoms. The fraction of sp³-hybridized carbons (Fsp3) is 0.278. The molecule has 0 saturated heterocycles. The standard InChI is InChI=1S/C18H19NO/c1-14(20)13-18-17-10-6-5-7-15(17)11-12-19(18)16-8-3-2-4-9-16/h2-10,18H,11-13H2,1H3/t18-/m0/s1. The number of para-hydroxylation sites is 1. The molecule has 2 aromatic rings. The van der Waals surface area contributed by atoms with E-state index < -0.39 is 0 Å². The molecule has 0 saturated carbocycles. The van der Waals surface area contributed by atoms with Gasteiger partial charge in [0.05, 0.1) is 6.04 Å². The van der Waals surface area contributed by atoms with Gasteiger partial charge in [0.25, 0.3) is 0 Å². The fourth-order valence-corrected chi connectivity index (χ4v) is 3.07. The van der Waals surface area contributed by atoms with Crippen molar-refractivity contribution in [2.45, 2.75) is 25.8 Å². The van der Waals surface area contributed by atoms with Crippen molar-refractivity contribution >= 4 is 11.5 Å². The lowest BCUT2D eigenvalue weighted by Gasteiger charge is -2.38. The van der Waals surface area contributed by atoms with Crippen LogP contribution in [0.1, 0.15) is 30.5 Å². The number of fused-ring (bicyclic) bond motifs is 1. The van der Waals surface area contributed by atoms with Gasteiger partial charge in [0.2, 0.25) is 0 Å². The summed E-state index contributed by atoms with van der Waals surface area (Å²) in [5.41, 5.74) is 3.89. The van der Waals surface area contributed by atoms with Crippen molar-refractivity contribution in [2.75, 3.05) is 11.4 Å². The Morgan fingerprint density at radius 2 is 1.80 bits per heavy atom. The van der Waals surface area contributed by atoms with Crippen LogP contribution in [-0.2, 0) is 11.2 Å². The van der Waals surface area contributed by atoms with Crippen molar-refractivity contribution in [2.24, 2.45) is 0 Å². The first-order valence-corrected chi connectivity index (χ1v) is 7.14. The number of anilines is 1. The van der Waals surface area contributed by atoms with Crippen LogP contribution >= 0.6 is 0 Å². The third kappa shape index (κ3) is 2.46. The van der Waals surface area contributed by atoms with Crippen LogP contribution in [0.5, 0.6) is 0 Å². The molecular weight excluding hydrogens is 246 g/mol. The van der Waals surface area contributed by atoms with E-state index in [1.165, 1.54) is 16.8 Å². The fourth-order valence-electron chi connectivity index (χ4n) is 3.07. The molecule has 0 amide bonds. The molecule has 0 bridgehead atoms. The molecule has 1 aliphatic rings. The molecule has 0 aromatic heterocycles. The Hall–Kier alpha value is -2.09. The third-order valence-corrected chi connectivity index (χ3v) is 3.98. The molecule has 3 rings (SSSR count). The monoisotopic (exact) mass is 265 g/mol. The molecule has 2 aromatic carbocycles. The summed E-state index contributed by atoms with van der Waals surface area (Å²) in [7, 11) is 0. The maximum absolute atomic E-state index is 11.7. The predicted octanol–water partition coefficient (Wildman–Crippen LogP) is 3.77. The van der Waals surface area contributed by atoms with Crippen LogP contribution in [-0.4, -0.2) is 12.3 Å². The number of carbonyl (C=O) groups is 1. The second kappa shape index (κ2) is 5.49. The van der Waals surface area contributed by atoms with Gasteiger partial charge in [-0.3, -0.25) is 4.79 Å². The van der Waals surface area contributed by atoms with E-state index in [9.17, 15) is 4.79 Å². The minimum atomic E-state index is 0.167. The number of hydrogen-bond acceptors (Lipinski definition) is 2. The highest BCUT2D eigenvalue weighted by molar-refractivity contribution is 5.77. The predicted molar refractivity (Wildman–Crippen MR) is 82.0 cm³/mol.